The van der Waals surface area contributed by atoms with E-state index in [9.17, 15) is 28.8 Å². The van der Waals surface area contributed by atoms with Gasteiger partial charge in [0.05, 0.1) is 12.1 Å². The van der Waals surface area contributed by atoms with Crippen LogP contribution in [0.2, 0.25) is 0 Å². The molecule has 0 rings (SSSR count). The Bertz CT molecular complexity index is 726. The minimum absolute atomic E-state index is 0.0441. The van der Waals surface area contributed by atoms with Crippen LogP contribution in [0.3, 0.4) is 0 Å². The molecule has 12 heteroatoms. The van der Waals surface area contributed by atoms with Gasteiger partial charge in [-0.1, -0.05) is 13.8 Å². The number of carbonyl (C=O) groups is 6. The molecule has 0 aromatic carbocycles. The molecule has 0 aliphatic rings. The first-order chi connectivity index (χ1) is 15.2. The van der Waals surface area contributed by atoms with Crippen LogP contribution in [0.4, 0.5) is 0 Å². The second-order valence-corrected chi connectivity index (χ2v) is 8.60. The summed E-state index contributed by atoms with van der Waals surface area (Å²) in [6.45, 7) is 11.1. The summed E-state index contributed by atoms with van der Waals surface area (Å²) in [5.74, 6) is -2.78. The smallest absolute Gasteiger partial charge is 0.243 e. The van der Waals surface area contributed by atoms with Crippen molar-refractivity contribution in [3.05, 3.63) is 0 Å². The Morgan fingerprint density at radius 1 is 0.636 bits per heavy atom. The van der Waals surface area contributed by atoms with Crippen LogP contribution >= 0.6 is 0 Å². The van der Waals surface area contributed by atoms with Crippen molar-refractivity contribution in [3.63, 3.8) is 0 Å². The number of aldehydes is 1. The molecular weight excluding hydrogens is 432 g/mol. The summed E-state index contributed by atoms with van der Waals surface area (Å²) in [7, 11) is 0. The molecule has 0 heterocycles. The van der Waals surface area contributed by atoms with E-state index in [4.69, 9.17) is 5.73 Å². The third kappa shape index (κ3) is 11.4. The predicted molar refractivity (Wildman–Crippen MR) is 122 cm³/mol. The summed E-state index contributed by atoms with van der Waals surface area (Å²) < 4.78 is 0. The Morgan fingerprint density at radius 2 is 1.03 bits per heavy atom. The number of carbonyl (C=O) groups excluding carboxylic acids is 6. The molecule has 12 nitrogen and oxygen atoms in total. The fraction of sp³-hybridized carbons (Fsp3) is 0.714. The topological polar surface area (TPSA) is 189 Å². The van der Waals surface area contributed by atoms with Crippen LogP contribution in [0.5, 0.6) is 0 Å². The third-order valence-electron chi connectivity index (χ3n) is 4.58. The highest BCUT2D eigenvalue weighted by Crippen LogP contribution is 2.06. The molecule has 0 saturated carbocycles. The van der Waals surface area contributed by atoms with Crippen LogP contribution in [-0.4, -0.2) is 72.1 Å². The van der Waals surface area contributed by atoms with Crippen molar-refractivity contribution in [2.45, 2.75) is 91.1 Å². The van der Waals surface area contributed by atoms with Gasteiger partial charge >= 0.3 is 0 Å². The number of nitrogens with one attached hydrogen (secondary N) is 5. The Balaban J connectivity index is 5.03. The van der Waals surface area contributed by atoms with E-state index in [1.54, 1.807) is 0 Å². The Hall–Kier alpha value is -3.02. The molecule has 0 aliphatic carbocycles. The van der Waals surface area contributed by atoms with Crippen molar-refractivity contribution in [2.75, 3.05) is 0 Å². The molecule has 0 radical (unpaired) electrons. The van der Waals surface area contributed by atoms with Gasteiger partial charge in [-0.2, -0.15) is 0 Å². The summed E-state index contributed by atoms with van der Waals surface area (Å²) in [6.07, 6.45) is 0.851. The normalized spacial score (nSPS) is 16.3. The molecule has 33 heavy (non-hydrogen) atoms. The summed E-state index contributed by atoms with van der Waals surface area (Å²) in [5.41, 5.74) is 5.48. The van der Waals surface area contributed by atoms with Gasteiger partial charge < -0.3 is 37.1 Å². The van der Waals surface area contributed by atoms with Gasteiger partial charge in [0.2, 0.25) is 29.5 Å². The van der Waals surface area contributed by atoms with E-state index in [-0.39, 0.29) is 5.92 Å². The van der Waals surface area contributed by atoms with Crippen LogP contribution in [0, 0.1) is 5.92 Å². The van der Waals surface area contributed by atoms with Crippen LogP contribution < -0.4 is 32.3 Å². The van der Waals surface area contributed by atoms with E-state index in [1.165, 1.54) is 34.6 Å². The minimum Gasteiger partial charge on any atom is -0.345 e. The number of hydrogen-bond donors (Lipinski definition) is 6. The zero-order valence-electron chi connectivity index (χ0n) is 20.4. The molecule has 188 valence electrons. The maximum absolute atomic E-state index is 12.8. The zero-order chi connectivity index (χ0) is 25.9. The van der Waals surface area contributed by atoms with Gasteiger partial charge in [0, 0.05) is 0 Å². The summed E-state index contributed by atoms with van der Waals surface area (Å²) in [4.78, 5) is 71.9. The van der Waals surface area contributed by atoms with E-state index in [2.05, 4.69) is 26.6 Å². The molecule has 7 N–H and O–H groups in total. The van der Waals surface area contributed by atoms with Crippen LogP contribution in [0.25, 0.3) is 0 Å². The molecule has 0 aromatic rings. The van der Waals surface area contributed by atoms with Crippen molar-refractivity contribution < 1.29 is 28.8 Å². The van der Waals surface area contributed by atoms with Gasteiger partial charge in [-0.3, -0.25) is 24.0 Å². The predicted octanol–water partition coefficient (Wildman–Crippen LogP) is -1.92. The standard InChI is InChI=1S/C21H38N6O6/c1-10(2)8-16(27-20(32)15(7)24-17(29)12(4)22)21(33)26-14(6)19(31)25-13(5)18(30)23-11(3)9-28/h9-16H,8,22H2,1-7H3,(H,23,30)(H,24,29)(H,25,31)(H,26,33)(H,27,32)/t11-,12-,13-,14-,15-,16-/m0/s1. The molecule has 0 bridgehead atoms. The minimum atomic E-state index is -1.00. The number of amides is 5. The van der Waals surface area contributed by atoms with E-state index in [1.807, 2.05) is 13.8 Å². The Labute approximate surface area is 194 Å². The summed E-state index contributed by atoms with van der Waals surface area (Å²) >= 11 is 0. The zero-order valence-corrected chi connectivity index (χ0v) is 20.4. The van der Waals surface area contributed by atoms with Crippen molar-refractivity contribution in [1.82, 2.24) is 26.6 Å². The highest BCUT2D eigenvalue weighted by molar-refractivity contribution is 5.95. The van der Waals surface area contributed by atoms with Gasteiger partial charge in [-0.05, 0) is 47.0 Å². The van der Waals surface area contributed by atoms with Gasteiger partial charge in [0.15, 0.2) is 0 Å². The first-order valence-electron chi connectivity index (χ1n) is 10.9. The highest BCUT2D eigenvalue weighted by atomic mass is 16.2. The van der Waals surface area contributed by atoms with Crippen LogP contribution in [0.1, 0.15) is 54.9 Å². The molecule has 6 atom stereocenters. The summed E-state index contributed by atoms with van der Waals surface area (Å²) in [6, 6.07) is -5.29. The summed E-state index contributed by atoms with van der Waals surface area (Å²) in [5, 5.41) is 12.4. The van der Waals surface area contributed by atoms with Crippen LogP contribution in [-0.2, 0) is 28.8 Å². The number of rotatable bonds is 13. The maximum Gasteiger partial charge on any atom is 0.243 e. The van der Waals surface area contributed by atoms with Crippen LogP contribution in [0.15, 0.2) is 0 Å². The van der Waals surface area contributed by atoms with E-state index in [0.29, 0.717) is 12.7 Å². The fourth-order valence-corrected chi connectivity index (χ4v) is 2.58. The largest absolute Gasteiger partial charge is 0.345 e. The Morgan fingerprint density at radius 3 is 1.45 bits per heavy atom. The molecule has 0 spiro atoms. The average Bonchev–Trinajstić information content (AvgIpc) is 2.71. The first kappa shape index (κ1) is 30.0. The van der Waals surface area contributed by atoms with Gasteiger partial charge in [0.25, 0.3) is 0 Å². The highest BCUT2D eigenvalue weighted by Gasteiger charge is 2.28. The lowest BCUT2D eigenvalue weighted by Crippen LogP contribution is -2.57. The molecule has 0 aromatic heterocycles. The molecule has 0 fully saturated rings. The molecular formula is C21H38N6O6. The quantitative estimate of drug-likeness (QED) is 0.169. The van der Waals surface area contributed by atoms with Gasteiger partial charge in [-0.15, -0.1) is 0 Å². The van der Waals surface area contributed by atoms with Crippen molar-refractivity contribution >= 4 is 35.8 Å². The number of hydrogen-bond acceptors (Lipinski definition) is 7. The van der Waals surface area contributed by atoms with E-state index >= 15 is 0 Å². The fourth-order valence-electron chi connectivity index (χ4n) is 2.58. The first-order valence-corrected chi connectivity index (χ1v) is 10.9. The lowest BCUT2D eigenvalue weighted by atomic mass is 10.0. The lowest BCUT2D eigenvalue weighted by Gasteiger charge is -2.25. The second-order valence-electron chi connectivity index (χ2n) is 8.60. The molecule has 0 aliphatic heterocycles. The van der Waals surface area contributed by atoms with Crippen molar-refractivity contribution in [2.24, 2.45) is 11.7 Å². The van der Waals surface area contributed by atoms with Crippen molar-refractivity contribution in [3.8, 4) is 0 Å². The molecule has 0 saturated heterocycles. The van der Waals surface area contributed by atoms with Crippen molar-refractivity contribution in [1.29, 1.82) is 0 Å². The lowest BCUT2D eigenvalue weighted by molar-refractivity contribution is -0.134. The second kappa shape index (κ2) is 14.2. The van der Waals surface area contributed by atoms with Gasteiger partial charge in [0.1, 0.15) is 30.5 Å². The monoisotopic (exact) mass is 470 g/mol. The number of nitrogens with two attached hydrogens (primary N) is 1. The van der Waals surface area contributed by atoms with E-state index in [0.717, 1.165) is 0 Å². The SMILES string of the molecule is CC(C)C[C@H](NC(=O)[C@H](C)NC(=O)[C@H](C)N)C(=O)N[C@@H](C)C(=O)N[C@@H](C)C(=O)N[C@@H](C)C=O. The van der Waals surface area contributed by atoms with Gasteiger partial charge in [-0.25, -0.2) is 0 Å². The molecule has 0 unspecified atom stereocenters. The third-order valence-corrected chi connectivity index (χ3v) is 4.58. The molecule has 5 amide bonds. The average molecular weight is 471 g/mol. The Kier molecular flexibility index (Phi) is 12.9. The maximum atomic E-state index is 12.8. The van der Waals surface area contributed by atoms with E-state index < -0.39 is 65.8 Å².